The number of aliphatic hydroxyl groups excluding tert-OH is 1. The Morgan fingerprint density at radius 3 is 2.03 bits per heavy atom. The summed E-state index contributed by atoms with van der Waals surface area (Å²) in [5.74, 6) is -0.293. The minimum atomic E-state index is -2.68. The first kappa shape index (κ1) is 24.6. The summed E-state index contributed by atoms with van der Waals surface area (Å²) < 4.78 is 18.2. The third-order valence-corrected chi connectivity index (χ3v) is 11.1. The molecule has 5 nitrogen and oxygen atoms in total. The predicted octanol–water partition coefficient (Wildman–Crippen LogP) is 3.42. The standard InChI is InChI=1S/C26H36O5Si/c1-5-29-25(28)18-21-16-20(27)17-22(31-21)19-30-32(26(2,3)4,23-12-8-6-9-13-23)24-14-10-7-11-15-24/h6-15,20-22,27H,5,16-19H2,1-4H3/t20-,21-,22+/m0/s1. The number of carbonyl (C=O) groups excluding carboxylic acids is 1. The molecule has 3 atom stereocenters. The van der Waals surface area contributed by atoms with Crippen LogP contribution < -0.4 is 10.4 Å². The average Bonchev–Trinajstić information content (AvgIpc) is 2.74. The molecule has 0 spiro atoms. The minimum absolute atomic E-state index is 0.132. The number of esters is 1. The van der Waals surface area contributed by atoms with Gasteiger partial charge in [-0.05, 0) is 22.3 Å². The Hall–Kier alpha value is -1.99. The zero-order valence-corrected chi connectivity index (χ0v) is 20.6. The van der Waals surface area contributed by atoms with Crippen LogP contribution in [0.15, 0.2) is 60.7 Å². The molecule has 0 radical (unpaired) electrons. The first-order valence-electron chi connectivity index (χ1n) is 11.5. The van der Waals surface area contributed by atoms with Gasteiger partial charge in [-0.1, -0.05) is 81.4 Å². The van der Waals surface area contributed by atoms with Crippen LogP contribution in [0.25, 0.3) is 0 Å². The molecule has 0 saturated carbocycles. The third-order valence-electron chi connectivity index (χ3n) is 6.06. The average molecular weight is 457 g/mol. The maximum Gasteiger partial charge on any atom is 0.308 e. The van der Waals surface area contributed by atoms with Crippen LogP contribution in [0.3, 0.4) is 0 Å². The lowest BCUT2D eigenvalue weighted by atomic mass is 9.99. The van der Waals surface area contributed by atoms with Crippen molar-refractivity contribution in [2.24, 2.45) is 0 Å². The molecule has 1 aliphatic heterocycles. The molecule has 1 fully saturated rings. The van der Waals surface area contributed by atoms with Gasteiger partial charge in [0, 0.05) is 12.8 Å². The lowest BCUT2D eigenvalue weighted by Crippen LogP contribution is -2.67. The third kappa shape index (κ3) is 5.67. The van der Waals surface area contributed by atoms with Crippen molar-refractivity contribution in [3.05, 3.63) is 60.7 Å². The van der Waals surface area contributed by atoms with Gasteiger partial charge in [0.2, 0.25) is 0 Å². The van der Waals surface area contributed by atoms with E-state index in [2.05, 4.69) is 69.3 Å². The topological polar surface area (TPSA) is 65.0 Å². The Labute approximate surface area is 192 Å². The molecule has 1 heterocycles. The van der Waals surface area contributed by atoms with Gasteiger partial charge in [0.15, 0.2) is 0 Å². The van der Waals surface area contributed by atoms with E-state index in [4.69, 9.17) is 13.9 Å². The molecule has 174 valence electrons. The zero-order valence-electron chi connectivity index (χ0n) is 19.6. The summed E-state index contributed by atoms with van der Waals surface area (Å²) in [5, 5.41) is 12.7. The van der Waals surface area contributed by atoms with Crippen LogP contribution in [0.5, 0.6) is 0 Å². The summed E-state index contributed by atoms with van der Waals surface area (Å²) in [5.41, 5.74) is 0. The minimum Gasteiger partial charge on any atom is -0.466 e. The molecular weight excluding hydrogens is 420 g/mol. The second kappa shape index (κ2) is 10.7. The molecule has 6 heteroatoms. The molecule has 0 aliphatic carbocycles. The van der Waals surface area contributed by atoms with Crippen molar-refractivity contribution in [3.63, 3.8) is 0 Å². The van der Waals surface area contributed by atoms with E-state index >= 15 is 0 Å². The SMILES string of the molecule is CCOC(=O)C[C@@H]1C[C@H](O)C[C@H](CO[Si](c2ccccc2)(c2ccccc2)C(C)(C)C)O1. The van der Waals surface area contributed by atoms with Crippen LogP contribution in [-0.4, -0.2) is 50.9 Å². The van der Waals surface area contributed by atoms with Gasteiger partial charge in [-0.25, -0.2) is 0 Å². The summed E-state index contributed by atoms with van der Waals surface area (Å²) >= 11 is 0. The monoisotopic (exact) mass is 456 g/mol. The van der Waals surface area contributed by atoms with Crippen molar-refractivity contribution in [3.8, 4) is 0 Å². The molecule has 2 aromatic carbocycles. The van der Waals surface area contributed by atoms with Gasteiger partial charge in [0.1, 0.15) is 0 Å². The molecule has 32 heavy (non-hydrogen) atoms. The first-order chi connectivity index (χ1) is 15.3. The second-order valence-corrected chi connectivity index (χ2v) is 13.8. The molecule has 0 unspecified atom stereocenters. The molecule has 1 aliphatic rings. The van der Waals surface area contributed by atoms with Crippen molar-refractivity contribution in [2.75, 3.05) is 13.2 Å². The lowest BCUT2D eigenvalue weighted by Gasteiger charge is -2.44. The molecular formula is C26H36O5Si. The van der Waals surface area contributed by atoms with Gasteiger partial charge >= 0.3 is 5.97 Å². The summed E-state index contributed by atoms with van der Waals surface area (Å²) in [6, 6.07) is 20.9. The number of aliphatic hydroxyl groups is 1. The van der Waals surface area contributed by atoms with Crippen LogP contribution in [0.2, 0.25) is 5.04 Å². The zero-order chi connectivity index (χ0) is 23.2. The molecule has 3 rings (SSSR count). The maximum absolute atomic E-state index is 11.9. The van der Waals surface area contributed by atoms with Gasteiger partial charge < -0.3 is 19.0 Å². The molecule has 0 bridgehead atoms. The van der Waals surface area contributed by atoms with Gasteiger partial charge in [-0.15, -0.1) is 0 Å². The van der Waals surface area contributed by atoms with E-state index < -0.39 is 14.4 Å². The van der Waals surface area contributed by atoms with E-state index in [-0.39, 0.29) is 29.6 Å². The Kier molecular flexibility index (Phi) is 8.28. The number of ether oxygens (including phenoxy) is 2. The molecule has 1 N–H and O–H groups in total. The quantitative estimate of drug-likeness (QED) is 0.487. The van der Waals surface area contributed by atoms with Crippen LogP contribution in [-0.2, 0) is 18.7 Å². The van der Waals surface area contributed by atoms with Crippen molar-refractivity contribution < 1.29 is 23.8 Å². The smallest absolute Gasteiger partial charge is 0.308 e. The highest BCUT2D eigenvalue weighted by molar-refractivity contribution is 6.99. The van der Waals surface area contributed by atoms with E-state index in [0.717, 1.165) is 0 Å². The summed E-state index contributed by atoms with van der Waals surface area (Å²) in [7, 11) is -2.68. The molecule has 0 aromatic heterocycles. The van der Waals surface area contributed by atoms with Crippen molar-refractivity contribution >= 4 is 24.7 Å². The van der Waals surface area contributed by atoms with Gasteiger partial charge in [-0.3, -0.25) is 4.79 Å². The summed E-state index contributed by atoms with van der Waals surface area (Å²) in [4.78, 5) is 11.9. The summed E-state index contributed by atoms with van der Waals surface area (Å²) in [6.07, 6.45) is -0.0616. The van der Waals surface area contributed by atoms with E-state index in [1.807, 2.05) is 12.1 Å². The largest absolute Gasteiger partial charge is 0.466 e. The van der Waals surface area contributed by atoms with Gasteiger partial charge in [0.05, 0.1) is 37.9 Å². The summed E-state index contributed by atoms with van der Waals surface area (Å²) in [6.45, 7) is 9.20. The molecule has 0 amide bonds. The Morgan fingerprint density at radius 1 is 1.00 bits per heavy atom. The number of carbonyl (C=O) groups is 1. The number of rotatable bonds is 8. The highest BCUT2D eigenvalue weighted by Crippen LogP contribution is 2.37. The Balaban J connectivity index is 1.87. The number of hydrogen-bond donors (Lipinski definition) is 1. The van der Waals surface area contributed by atoms with E-state index in [1.54, 1.807) is 6.92 Å². The Morgan fingerprint density at radius 2 is 1.53 bits per heavy atom. The normalized spacial score (nSPS) is 21.8. The van der Waals surface area contributed by atoms with Gasteiger partial charge in [0.25, 0.3) is 8.32 Å². The number of benzene rings is 2. The predicted molar refractivity (Wildman–Crippen MR) is 129 cm³/mol. The lowest BCUT2D eigenvalue weighted by molar-refractivity contribution is -0.154. The fraction of sp³-hybridized carbons (Fsp3) is 0.500. The fourth-order valence-electron chi connectivity index (χ4n) is 4.71. The first-order valence-corrected chi connectivity index (χ1v) is 13.4. The highest BCUT2D eigenvalue weighted by atomic mass is 28.4. The fourth-order valence-corrected chi connectivity index (χ4v) is 9.30. The molecule has 2 aromatic rings. The Bertz CT molecular complexity index is 810. The van der Waals surface area contributed by atoms with Gasteiger partial charge in [-0.2, -0.15) is 0 Å². The van der Waals surface area contributed by atoms with Crippen LogP contribution in [0, 0.1) is 0 Å². The van der Waals surface area contributed by atoms with Crippen molar-refractivity contribution in [1.29, 1.82) is 0 Å². The second-order valence-electron chi connectivity index (χ2n) is 9.49. The van der Waals surface area contributed by atoms with Crippen molar-refractivity contribution in [1.82, 2.24) is 0 Å². The van der Waals surface area contributed by atoms with Crippen LogP contribution >= 0.6 is 0 Å². The highest BCUT2D eigenvalue weighted by Gasteiger charge is 2.50. The van der Waals surface area contributed by atoms with E-state index in [9.17, 15) is 9.90 Å². The van der Waals surface area contributed by atoms with Crippen molar-refractivity contribution in [2.45, 2.75) is 70.3 Å². The maximum atomic E-state index is 11.9. The molecule has 1 saturated heterocycles. The van der Waals surface area contributed by atoms with Crippen LogP contribution in [0.4, 0.5) is 0 Å². The van der Waals surface area contributed by atoms with E-state index in [0.29, 0.717) is 26.1 Å². The number of hydrogen-bond acceptors (Lipinski definition) is 5. The van der Waals surface area contributed by atoms with Crippen LogP contribution in [0.1, 0.15) is 47.0 Å². The van der Waals surface area contributed by atoms with E-state index in [1.165, 1.54) is 10.4 Å².